The van der Waals surface area contributed by atoms with E-state index in [1.807, 2.05) is 6.92 Å². The summed E-state index contributed by atoms with van der Waals surface area (Å²) < 4.78 is 1.61. The van der Waals surface area contributed by atoms with Gasteiger partial charge in [0, 0.05) is 12.4 Å². The highest BCUT2D eigenvalue weighted by Crippen LogP contribution is 2.23. The van der Waals surface area contributed by atoms with Crippen molar-refractivity contribution in [2.75, 3.05) is 0 Å². The quantitative estimate of drug-likeness (QED) is 0.692. The summed E-state index contributed by atoms with van der Waals surface area (Å²) in [5, 5.41) is 14.0. The van der Waals surface area contributed by atoms with E-state index in [2.05, 4.69) is 45.4 Å². The van der Waals surface area contributed by atoms with Gasteiger partial charge in [-0.15, -0.1) is 5.10 Å². The second-order valence-corrected chi connectivity index (χ2v) is 5.85. The first-order valence-electron chi connectivity index (χ1n) is 6.54. The van der Waals surface area contributed by atoms with E-state index in [-0.39, 0.29) is 5.25 Å². The number of aryl methyl sites for hydroxylation is 1. The van der Waals surface area contributed by atoms with Crippen molar-refractivity contribution in [3.8, 4) is 6.07 Å². The minimum absolute atomic E-state index is 0.217. The van der Waals surface area contributed by atoms with Crippen molar-refractivity contribution in [1.82, 2.24) is 19.6 Å². The first-order chi connectivity index (χ1) is 10.2. The summed E-state index contributed by atoms with van der Waals surface area (Å²) >= 11 is 1.37. The van der Waals surface area contributed by atoms with Crippen LogP contribution in [0.2, 0.25) is 0 Å². The number of thioether (sulfide) groups is 1. The maximum absolute atomic E-state index is 9.33. The molecule has 3 rings (SSSR count). The highest BCUT2D eigenvalue weighted by atomic mass is 32.2. The number of nitrogens with zero attached hydrogens (tertiary/aromatic N) is 5. The monoisotopic (exact) mass is 295 g/mol. The van der Waals surface area contributed by atoms with Crippen LogP contribution >= 0.6 is 11.8 Å². The van der Waals surface area contributed by atoms with Crippen LogP contribution < -0.4 is 0 Å². The van der Waals surface area contributed by atoms with Crippen molar-refractivity contribution in [2.45, 2.75) is 23.8 Å². The van der Waals surface area contributed by atoms with Gasteiger partial charge in [0.25, 0.3) is 5.78 Å². The van der Waals surface area contributed by atoms with Gasteiger partial charge in [0.2, 0.25) is 5.16 Å². The average molecular weight is 295 g/mol. The summed E-state index contributed by atoms with van der Waals surface area (Å²) in [6, 6.07) is 12.3. The molecule has 0 fully saturated rings. The fraction of sp³-hybridized carbons (Fsp3) is 0.200. The maximum atomic E-state index is 9.33. The molecule has 5 nitrogen and oxygen atoms in total. The molecule has 3 aromatic rings. The molecule has 6 heteroatoms. The van der Waals surface area contributed by atoms with Crippen molar-refractivity contribution in [1.29, 1.82) is 5.26 Å². The van der Waals surface area contributed by atoms with Gasteiger partial charge in [-0.2, -0.15) is 10.2 Å². The van der Waals surface area contributed by atoms with Crippen molar-refractivity contribution >= 4 is 17.5 Å². The van der Waals surface area contributed by atoms with Gasteiger partial charge in [0.05, 0.1) is 6.07 Å². The average Bonchev–Trinajstić information content (AvgIpc) is 2.91. The Labute approximate surface area is 126 Å². The lowest BCUT2D eigenvalue weighted by Crippen LogP contribution is -2.04. The van der Waals surface area contributed by atoms with Gasteiger partial charge < -0.3 is 0 Å². The molecule has 1 aromatic carbocycles. The molecule has 2 heterocycles. The largest absolute Gasteiger partial charge is 0.253 e. The fourth-order valence-electron chi connectivity index (χ4n) is 1.94. The molecule has 0 aliphatic rings. The lowest BCUT2D eigenvalue weighted by Gasteiger charge is -2.06. The zero-order chi connectivity index (χ0) is 14.7. The summed E-state index contributed by atoms with van der Waals surface area (Å²) in [7, 11) is 0. The van der Waals surface area contributed by atoms with Crippen LogP contribution in [0.4, 0.5) is 0 Å². The number of aromatic nitrogens is 4. The molecule has 0 N–H and O–H groups in total. The molecule has 0 aliphatic heterocycles. The van der Waals surface area contributed by atoms with E-state index < -0.39 is 0 Å². The van der Waals surface area contributed by atoms with E-state index in [9.17, 15) is 5.26 Å². The number of hydrogen-bond donors (Lipinski definition) is 0. The van der Waals surface area contributed by atoms with Crippen LogP contribution in [0.3, 0.4) is 0 Å². The smallest absolute Gasteiger partial charge is 0.220 e. The molecule has 0 spiro atoms. The molecule has 21 heavy (non-hydrogen) atoms. The molecular weight excluding hydrogens is 282 g/mol. The molecule has 0 aliphatic carbocycles. The Balaban J connectivity index is 1.75. The number of benzene rings is 1. The number of fused-ring (bicyclic) bond motifs is 1. The number of hydrogen-bond acceptors (Lipinski definition) is 5. The normalized spacial score (nSPS) is 12.2. The van der Waals surface area contributed by atoms with Gasteiger partial charge in [-0.3, -0.25) is 0 Å². The third kappa shape index (κ3) is 3.20. The predicted octanol–water partition coefficient (Wildman–Crippen LogP) is 2.66. The summed E-state index contributed by atoms with van der Waals surface area (Å²) in [6.07, 6.45) is 4.14. The van der Waals surface area contributed by atoms with Gasteiger partial charge in [-0.25, -0.2) is 9.50 Å². The Morgan fingerprint density at radius 1 is 1.33 bits per heavy atom. The highest BCUT2D eigenvalue weighted by molar-refractivity contribution is 8.00. The molecule has 1 atom stereocenters. The molecule has 2 aromatic heterocycles. The van der Waals surface area contributed by atoms with Gasteiger partial charge in [-0.05, 0) is 25.0 Å². The summed E-state index contributed by atoms with van der Waals surface area (Å²) in [5.74, 6) is 0.548. The second-order valence-electron chi connectivity index (χ2n) is 4.68. The first-order valence-corrected chi connectivity index (χ1v) is 7.42. The van der Waals surface area contributed by atoms with Crippen LogP contribution in [0.25, 0.3) is 5.78 Å². The Hall–Kier alpha value is -2.39. The van der Waals surface area contributed by atoms with E-state index in [1.165, 1.54) is 17.3 Å². The third-order valence-corrected chi connectivity index (χ3v) is 3.97. The van der Waals surface area contributed by atoms with Crippen LogP contribution in [0.5, 0.6) is 0 Å². The van der Waals surface area contributed by atoms with E-state index in [0.29, 0.717) is 17.4 Å². The summed E-state index contributed by atoms with van der Waals surface area (Å²) in [6.45, 7) is 2.05. The third-order valence-electron chi connectivity index (χ3n) is 3.03. The minimum Gasteiger partial charge on any atom is -0.220 e. The molecule has 0 saturated carbocycles. The maximum Gasteiger partial charge on any atom is 0.253 e. The highest BCUT2D eigenvalue weighted by Gasteiger charge is 2.14. The number of rotatable bonds is 4. The van der Waals surface area contributed by atoms with Crippen molar-refractivity contribution < 1.29 is 0 Å². The lowest BCUT2D eigenvalue weighted by molar-refractivity contribution is 0.875. The van der Waals surface area contributed by atoms with Gasteiger partial charge in [0.15, 0.2) is 0 Å². The second kappa shape index (κ2) is 5.94. The first kappa shape index (κ1) is 13.6. The zero-order valence-electron chi connectivity index (χ0n) is 11.5. The van der Waals surface area contributed by atoms with Gasteiger partial charge >= 0.3 is 0 Å². The molecule has 0 amide bonds. The van der Waals surface area contributed by atoms with Gasteiger partial charge in [0.1, 0.15) is 5.25 Å². The minimum atomic E-state index is -0.217. The number of nitriles is 1. The molecule has 0 bridgehead atoms. The Kier molecular flexibility index (Phi) is 3.84. The molecular formula is C15H13N5S. The lowest BCUT2D eigenvalue weighted by atomic mass is 10.1. The predicted molar refractivity (Wildman–Crippen MR) is 80.9 cm³/mol. The summed E-state index contributed by atoms with van der Waals surface area (Å²) in [4.78, 5) is 8.43. The zero-order valence-corrected chi connectivity index (χ0v) is 12.3. The van der Waals surface area contributed by atoms with Crippen molar-refractivity contribution in [2.24, 2.45) is 0 Å². The van der Waals surface area contributed by atoms with Crippen LogP contribution in [0.1, 0.15) is 11.1 Å². The van der Waals surface area contributed by atoms with Crippen LogP contribution in [-0.2, 0) is 6.42 Å². The SMILES string of the molecule is Cc1ccc(C[C@@H](C#N)Sc2nc3ncccn3n2)cc1. The Bertz CT molecular complexity index is 755. The van der Waals surface area contributed by atoms with Crippen molar-refractivity contribution in [3.05, 3.63) is 53.9 Å². The van der Waals surface area contributed by atoms with Crippen LogP contribution in [0.15, 0.2) is 47.9 Å². The molecule has 0 unspecified atom stereocenters. The molecule has 104 valence electrons. The van der Waals surface area contributed by atoms with Crippen LogP contribution in [-0.4, -0.2) is 24.8 Å². The summed E-state index contributed by atoms with van der Waals surface area (Å²) in [5.41, 5.74) is 2.36. The van der Waals surface area contributed by atoms with E-state index in [0.717, 1.165) is 5.56 Å². The fourth-order valence-corrected chi connectivity index (χ4v) is 2.80. The topological polar surface area (TPSA) is 66.9 Å². The standard InChI is InChI=1S/C15H13N5S/c1-11-3-5-12(6-4-11)9-13(10-16)21-15-18-14-17-7-2-8-20(14)19-15/h2-8,13H,9H2,1H3/t13-/m0/s1. The van der Waals surface area contributed by atoms with Gasteiger partial charge in [-0.1, -0.05) is 41.6 Å². The van der Waals surface area contributed by atoms with E-state index in [1.54, 1.807) is 23.0 Å². The van der Waals surface area contributed by atoms with Crippen molar-refractivity contribution in [3.63, 3.8) is 0 Å². The molecule has 0 radical (unpaired) electrons. The van der Waals surface area contributed by atoms with Crippen LogP contribution in [0, 0.1) is 18.3 Å². The molecule has 0 saturated heterocycles. The Morgan fingerprint density at radius 2 is 2.14 bits per heavy atom. The van der Waals surface area contributed by atoms with E-state index in [4.69, 9.17) is 0 Å². The Morgan fingerprint density at radius 3 is 2.86 bits per heavy atom. The van der Waals surface area contributed by atoms with E-state index >= 15 is 0 Å².